The van der Waals surface area contributed by atoms with Gasteiger partial charge in [0.2, 0.25) is 0 Å². The van der Waals surface area contributed by atoms with Crippen molar-refractivity contribution >= 4 is 23.0 Å². The van der Waals surface area contributed by atoms with E-state index in [-0.39, 0.29) is 0 Å². The first-order valence-corrected chi connectivity index (χ1v) is 8.77. The van der Waals surface area contributed by atoms with Gasteiger partial charge in [0, 0.05) is 15.9 Å². The Bertz CT molecular complexity index is 731. The lowest BCUT2D eigenvalue weighted by molar-refractivity contribution is 1.60. The Kier molecular flexibility index (Phi) is 4.19. The van der Waals surface area contributed by atoms with Crippen LogP contribution in [-0.2, 0) is 0 Å². The molecule has 0 bridgehead atoms. The molecule has 0 aromatic heterocycles. The molecule has 0 saturated carbocycles. The summed E-state index contributed by atoms with van der Waals surface area (Å²) < 4.78 is 0. The minimum Gasteiger partial charge on any atom is -0.181 e. The van der Waals surface area contributed by atoms with Gasteiger partial charge in [-0.2, -0.15) is 6.57 Å². The number of nitrogens with zero attached hydrogens (tertiary/aromatic N) is 2. The van der Waals surface area contributed by atoms with E-state index in [0.717, 1.165) is 15.9 Å². The van der Waals surface area contributed by atoms with Crippen molar-refractivity contribution in [1.29, 1.82) is 0 Å². The van der Waals surface area contributed by atoms with Crippen LogP contribution in [0.3, 0.4) is 0 Å². The molecule has 3 rings (SSSR count). The van der Waals surface area contributed by atoms with Crippen LogP contribution in [0.15, 0.2) is 95.8 Å². The van der Waals surface area contributed by atoms with Crippen LogP contribution in [0.25, 0.3) is 4.95 Å². The lowest BCUT2D eigenvalue weighted by atomic mass is 10.4. The van der Waals surface area contributed by atoms with Gasteiger partial charge in [-0.05, 0) is 0 Å². The van der Waals surface area contributed by atoms with Gasteiger partial charge in [-0.1, -0.05) is 91.0 Å². The highest BCUT2D eigenvalue weighted by molar-refractivity contribution is 7.87. The minimum absolute atomic E-state index is 1.10. The molecule has 3 heteroatoms. The van der Waals surface area contributed by atoms with Crippen LogP contribution in [0, 0.1) is 6.57 Å². The topological polar surface area (TPSA) is 16.7 Å². The summed E-state index contributed by atoms with van der Waals surface area (Å²) in [5.41, 5.74) is 0. The van der Waals surface area contributed by atoms with Crippen LogP contribution in [0.2, 0.25) is 0 Å². The van der Waals surface area contributed by atoms with E-state index in [1.807, 2.05) is 54.6 Å². The fourth-order valence-electron chi connectivity index (χ4n) is 2.60. The molecular formula is C19H15N2P. The first-order valence-electron chi connectivity index (χ1n) is 7.03. The second-order valence-corrected chi connectivity index (χ2v) is 7.83. The van der Waals surface area contributed by atoms with Crippen LogP contribution in [0.4, 0.5) is 0 Å². The van der Waals surface area contributed by atoms with Gasteiger partial charge in [-0.15, -0.1) is 4.95 Å². The van der Waals surface area contributed by atoms with Crippen LogP contribution in [0.5, 0.6) is 0 Å². The molecule has 0 amide bonds. The predicted octanol–water partition coefficient (Wildman–Crippen LogP) is 4.00. The van der Waals surface area contributed by atoms with Crippen LogP contribution >= 0.6 is 7.05 Å². The molecular weight excluding hydrogens is 287 g/mol. The molecule has 0 atom stereocenters. The first-order chi connectivity index (χ1) is 10.9. The van der Waals surface area contributed by atoms with Crippen molar-refractivity contribution in [2.24, 2.45) is 4.85 Å². The Morgan fingerprint density at radius 2 is 0.909 bits per heavy atom. The molecule has 0 aliphatic rings. The van der Waals surface area contributed by atoms with E-state index in [4.69, 9.17) is 6.57 Å². The molecule has 0 saturated heterocycles. The van der Waals surface area contributed by atoms with E-state index in [1.165, 1.54) is 0 Å². The van der Waals surface area contributed by atoms with Crippen molar-refractivity contribution in [3.8, 4) is 0 Å². The summed E-state index contributed by atoms with van der Waals surface area (Å²) in [6.45, 7) is 7.39. The van der Waals surface area contributed by atoms with Crippen molar-refractivity contribution in [3.05, 3.63) is 103 Å². The quantitative estimate of drug-likeness (QED) is 0.395. The summed E-state index contributed by atoms with van der Waals surface area (Å²) in [4.78, 5) is 7.93. The average Bonchev–Trinajstić information content (AvgIpc) is 2.62. The number of benzene rings is 3. The van der Waals surface area contributed by atoms with E-state index in [0.29, 0.717) is 0 Å². The van der Waals surface area contributed by atoms with Crippen molar-refractivity contribution in [3.63, 3.8) is 0 Å². The van der Waals surface area contributed by atoms with Crippen molar-refractivity contribution in [2.75, 3.05) is 0 Å². The fourth-order valence-corrected chi connectivity index (χ4v) is 5.75. The maximum Gasteiger partial charge on any atom is 0.145 e. The third kappa shape index (κ3) is 2.48. The zero-order chi connectivity index (χ0) is 15.3. The molecule has 0 heterocycles. The molecule has 0 spiro atoms. The number of rotatable bonds is 3. The fraction of sp³-hybridized carbons (Fsp3) is 0. The molecule has 0 unspecified atom stereocenters. The molecule has 0 radical (unpaired) electrons. The molecule has 0 aliphatic carbocycles. The molecule has 3 aromatic rings. The van der Waals surface area contributed by atoms with Crippen LogP contribution in [0.1, 0.15) is 0 Å². The van der Waals surface area contributed by atoms with Gasteiger partial charge >= 0.3 is 0 Å². The van der Waals surface area contributed by atoms with Crippen molar-refractivity contribution in [1.82, 2.24) is 0 Å². The van der Waals surface area contributed by atoms with E-state index < -0.39 is 7.05 Å². The van der Waals surface area contributed by atoms with Crippen molar-refractivity contribution in [2.45, 2.75) is 0 Å². The highest BCUT2D eigenvalue weighted by atomic mass is 31.2. The summed E-state index contributed by atoms with van der Waals surface area (Å²) in [6, 6.07) is 30.5. The van der Waals surface area contributed by atoms with E-state index in [9.17, 15) is 0 Å². The van der Waals surface area contributed by atoms with Gasteiger partial charge in [0.15, 0.2) is 0 Å². The van der Waals surface area contributed by atoms with Crippen molar-refractivity contribution < 1.29 is 0 Å². The van der Waals surface area contributed by atoms with Crippen LogP contribution < -0.4 is 15.9 Å². The molecule has 0 aliphatic heterocycles. The monoisotopic (exact) mass is 302 g/mol. The van der Waals surface area contributed by atoms with Gasteiger partial charge < -0.3 is 0 Å². The van der Waals surface area contributed by atoms with Crippen LogP contribution in [-0.4, -0.2) is 0 Å². The SMILES string of the molecule is [C-]#[N+]N=P(c1ccccc1)(c1ccccc1)c1ccccc1. The van der Waals surface area contributed by atoms with Gasteiger partial charge in [-0.3, -0.25) is 0 Å². The maximum atomic E-state index is 7.39. The second kappa shape index (κ2) is 6.43. The molecule has 0 fully saturated rings. The predicted molar refractivity (Wildman–Crippen MR) is 94.2 cm³/mol. The number of hydrogen-bond acceptors (Lipinski definition) is 1. The highest BCUT2D eigenvalue weighted by Crippen LogP contribution is 2.46. The molecule has 3 aromatic carbocycles. The van der Waals surface area contributed by atoms with Gasteiger partial charge in [0.25, 0.3) is 0 Å². The summed E-state index contributed by atoms with van der Waals surface area (Å²) in [6.07, 6.45) is 0. The van der Waals surface area contributed by atoms with Gasteiger partial charge in [-0.25, -0.2) is 0 Å². The maximum absolute atomic E-state index is 7.39. The lowest BCUT2D eigenvalue weighted by Gasteiger charge is -2.21. The Balaban J connectivity index is 2.41. The minimum atomic E-state index is -2.28. The normalized spacial score (nSPS) is 10.7. The average molecular weight is 302 g/mol. The zero-order valence-corrected chi connectivity index (χ0v) is 12.9. The van der Waals surface area contributed by atoms with Gasteiger partial charge in [0.1, 0.15) is 7.05 Å². The van der Waals surface area contributed by atoms with E-state index >= 15 is 0 Å². The molecule has 22 heavy (non-hydrogen) atoms. The largest absolute Gasteiger partial charge is 0.181 e. The summed E-state index contributed by atoms with van der Waals surface area (Å²) in [7, 11) is -2.28. The summed E-state index contributed by atoms with van der Waals surface area (Å²) in [5.74, 6) is 0. The number of hydrogen-bond donors (Lipinski definition) is 0. The third-order valence-electron chi connectivity index (χ3n) is 3.57. The lowest BCUT2D eigenvalue weighted by Crippen LogP contribution is -2.24. The molecule has 106 valence electrons. The third-order valence-corrected chi connectivity index (χ3v) is 7.06. The smallest absolute Gasteiger partial charge is 0.145 e. The molecule has 2 nitrogen and oxygen atoms in total. The summed E-state index contributed by atoms with van der Waals surface area (Å²) >= 11 is 0. The standard InChI is InChI=1S/C19H15N2P/c1-20-21-22(17-11-5-2-6-12-17,18-13-7-3-8-14-18)19-15-9-4-10-16-19/h2-16H. The Hall–Kier alpha value is -2.62. The van der Waals surface area contributed by atoms with E-state index in [1.54, 1.807) is 0 Å². The van der Waals surface area contributed by atoms with E-state index in [2.05, 4.69) is 46.2 Å². The second-order valence-electron chi connectivity index (χ2n) is 4.83. The molecule has 0 N–H and O–H groups in total. The zero-order valence-electron chi connectivity index (χ0n) is 12.0. The highest BCUT2D eigenvalue weighted by Gasteiger charge is 2.30. The summed E-state index contributed by atoms with van der Waals surface area (Å²) in [5, 5.41) is 3.30. The Labute approximate surface area is 130 Å². The Morgan fingerprint density at radius 3 is 1.18 bits per heavy atom. The van der Waals surface area contributed by atoms with Gasteiger partial charge in [0.05, 0.1) is 4.85 Å². The first kappa shape index (κ1) is 14.3. The Morgan fingerprint density at radius 1 is 0.591 bits per heavy atom.